The van der Waals surface area contributed by atoms with Crippen molar-refractivity contribution < 1.29 is 0 Å². The topological polar surface area (TPSA) is 13.0 Å². The third kappa shape index (κ3) is 2.99. The first-order valence-corrected chi connectivity index (χ1v) is 12.1. The predicted octanol–water partition coefficient (Wildman–Crippen LogP) is 3.23. The van der Waals surface area contributed by atoms with Crippen LogP contribution in [0.2, 0.25) is 0 Å². The summed E-state index contributed by atoms with van der Waals surface area (Å²) < 4.78 is 0. The molecule has 4 nitrogen and oxygen atoms in total. The average molecular weight is 403 g/mol. The van der Waals surface area contributed by atoms with Gasteiger partial charge in [-0.05, 0) is 86.9 Å². The molecule has 4 unspecified atom stereocenters. The standard InChI is InChI=1S/C13H24N2.C12H22N2/c1-11(2,3)15-9-12-5-6-14(4)8-13(12,7-12)10-15;1-10(2,3)14-8-11-5-12(11,9-14)7-13(4)6-11/h5-10H2,1-4H3;5-9H2,1-4H3. The van der Waals surface area contributed by atoms with Gasteiger partial charge < -0.3 is 9.80 Å². The number of piperidine rings is 4. The van der Waals surface area contributed by atoms with Crippen LogP contribution in [-0.2, 0) is 0 Å². The maximum Gasteiger partial charge on any atom is 0.0125 e. The fourth-order valence-electron chi connectivity index (χ4n) is 7.97. The molecule has 0 spiro atoms. The highest BCUT2D eigenvalue weighted by Crippen LogP contribution is 2.73. The maximum atomic E-state index is 2.72. The van der Waals surface area contributed by atoms with Gasteiger partial charge in [-0.25, -0.2) is 0 Å². The number of hydrogen-bond acceptors (Lipinski definition) is 4. The van der Waals surface area contributed by atoms with Crippen molar-refractivity contribution in [3.63, 3.8) is 0 Å². The third-order valence-corrected chi connectivity index (χ3v) is 9.91. The molecule has 29 heavy (non-hydrogen) atoms. The van der Waals surface area contributed by atoms with Crippen molar-refractivity contribution in [2.45, 2.75) is 71.9 Å². The first-order valence-electron chi connectivity index (χ1n) is 12.1. The van der Waals surface area contributed by atoms with Crippen LogP contribution in [0, 0.1) is 21.7 Å². The van der Waals surface area contributed by atoms with Crippen molar-refractivity contribution in [1.82, 2.24) is 19.6 Å². The molecule has 0 aromatic rings. The molecule has 0 aromatic carbocycles. The summed E-state index contributed by atoms with van der Waals surface area (Å²) in [6.07, 6.45) is 4.46. The van der Waals surface area contributed by atoms with E-state index in [-0.39, 0.29) is 0 Å². The van der Waals surface area contributed by atoms with Gasteiger partial charge in [0, 0.05) is 73.1 Å². The summed E-state index contributed by atoms with van der Waals surface area (Å²) in [6.45, 7) is 24.9. The Morgan fingerprint density at radius 1 is 0.517 bits per heavy atom. The van der Waals surface area contributed by atoms with Crippen molar-refractivity contribution in [2.24, 2.45) is 21.7 Å². The van der Waals surface area contributed by atoms with Crippen molar-refractivity contribution >= 4 is 0 Å². The zero-order valence-corrected chi connectivity index (χ0v) is 20.6. The summed E-state index contributed by atoms with van der Waals surface area (Å²) in [6, 6.07) is 0. The highest BCUT2D eigenvalue weighted by Gasteiger charge is 2.76. The van der Waals surface area contributed by atoms with E-state index in [1.165, 1.54) is 71.6 Å². The lowest BCUT2D eigenvalue weighted by Crippen LogP contribution is -2.44. The summed E-state index contributed by atoms with van der Waals surface area (Å²) in [5, 5.41) is 0. The van der Waals surface area contributed by atoms with E-state index >= 15 is 0 Å². The van der Waals surface area contributed by atoms with Crippen LogP contribution in [0.5, 0.6) is 0 Å². The van der Waals surface area contributed by atoms with Crippen LogP contribution in [0.3, 0.4) is 0 Å². The molecule has 4 heteroatoms. The Bertz CT molecular complexity index is 672. The van der Waals surface area contributed by atoms with Gasteiger partial charge >= 0.3 is 0 Å². The molecule has 6 aliphatic rings. The van der Waals surface area contributed by atoms with E-state index in [0.717, 1.165) is 5.41 Å². The minimum Gasteiger partial charge on any atom is -0.306 e. The van der Waals surface area contributed by atoms with Crippen LogP contribution < -0.4 is 0 Å². The minimum atomic E-state index is 0.371. The van der Waals surface area contributed by atoms with Gasteiger partial charge in [-0.15, -0.1) is 0 Å². The SMILES string of the molecule is CN1CC23CN(C(C)(C)C)CC2(C1)C3.CN1CCC23CN(C(C)(C)C)CC2(C1)C3. The van der Waals surface area contributed by atoms with Crippen LogP contribution >= 0.6 is 0 Å². The predicted molar refractivity (Wildman–Crippen MR) is 121 cm³/mol. The van der Waals surface area contributed by atoms with E-state index in [4.69, 9.17) is 0 Å². The van der Waals surface area contributed by atoms with Crippen molar-refractivity contribution in [3.8, 4) is 0 Å². The molecule has 0 amide bonds. The highest BCUT2D eigenvalue weighted by molar-refractivity contribution is 5.27. The van der Waals surface area contributed by atoms with Crippen LogP contribution in [0.15, 0.2) is 0 Å². The molecule has 4 heterocycles. The molecule has 2 aliphatic carbocycles. The molecular formula is C25H46N4. The van der Waals surface area contributed by atoms with E-state index in [9.17, 15) is 0 Å². The van der Waals surface area contributed by atoms with E-state index in [1.54, 1.807) is 0 Å². The Balaban J connectivity index is 0.000000125. The molecule has 4 aliphatic heterocycles. The molecule has 0 bridgehead atoms. The first-order chi connectivity index (χ1) is 13.2. The molecule has 4 atom stereocenters. The zero-order valence-electron chi connectivity index (χ0n) is 20.6. The lowest BCUT2D eigenvalue weighted by Gasteiger charge is -2.36. The van der Waals surface area contributed by atoms with Crippen molar-refractivity contribution in [2.75, 3.05) is 66.5 Å². The summed E-state index contributed by atoms with van der Waals surface area (Å²) in [5.41, 5.74) is 3.57. The second kappa shape index (κ2) is 5.79. The first kappa shape index (κ1) is 20.7. The van der Waals surface area contributed by atoms with Gasteiger partial charge in [0.2, 0.25) is 0 Å². The lowest BCUT2D eigenvalue weighted by atomic mass is 9.89. The third-order valence-electron chi connectivity index (χ3n) is 9.91. The number of hydrogen-bond donors (Lipinski definition) is 0. The summed E-state index contributed by atoms with van der Waals surface area (Å²) in [4.78, 5) is 10.5. The van der Waals surface area contributed by atoms with Gasteiger partial charge in [0.15, 0.2) is 0 Å². The van der Waals surface area contributed by atoms with Crippen LogP contribution in [0.1, 0.15) is 60.8 Å². The number of nitrogens with zero attached hydrogens (tertiary/aromatic N) is 4. The Morgan fingerprint density at radius 2 is 0.897 bits per heavy atom. The van der Waals surface area contributed by atoms with Crippen LogP contribution in [0.25, 0.3) is 0 Å². The molecule has 6 fully saturated rings. The summed E-state index contributed by atoms with van der Waals surface area (Å²) >= 11 is 0. The van der Waals surface area contributed by atoms with Gasteiger partial charge in [-0.3, -0.25) is 9.80 Å². The van der Waals surface area contributed by atoms with E-state index in [0.29, 0.717) is 27.3 Å². The molecular weight excluding hydrogens is 356 g/mol. The Morgan fingerprint density at radius 3 is 1.38 bits per heavy atom. The van der Waals surface area contributed by atoms with Gasteiger partial charge in [0.05, 0.1) is 0 Å². The highest BCUT2D eigenvalue weighted by atomic mass is 15.3. The van der Waals surface area contributed by atoms with E-state index in [1.807, 2.05) is 0 Å². The normalized spacial score (nSPS) is 47.2. The second-order valence-electron chi connectivity index (χ2n) is 14.2. The molecule has 4 saturated heterocycles. The lowest BCUT2D eigenvalue weighted by molar-refractivity contribution is 0.115. The van der Waals surface area contributed by atoms with E-state index < -0.39 is 0 Å². The van der Waals surface area contributed by atoms with Gasteiger partial charge in [0.1, 0.15) is 0 Å². The largest absolute Gasteiger partial charge is 0.306 e. The minimum absolute atomic E-state index is 0.371. The van der Waals surface area contributed by atoms with Crippen LogP contribution in [0.4, 0.5) is 0 Å². The van der Waals surface area contributed by atoms with E-state index in [2.05, 4.69) is 75.2 Å². The quantitative estimate of drug-likeness (QED) is 0.617. The molecule has 0 aromatic heterocycles. The number of likely N-dealkylation sites (tertiary alicyclic amines) is 4. The average Bonchev–Trinajstić information content (AvgIpc) is 3.19. The zero-order chi connectivity index (χ0) is 21.1. The Labute approximate surface area is 180 Å². The molecule has 166 valence electrons. The molecule has 2 saturated carbocycles. The number of rotatable bonds is 0. The Kier molecular flexibility index (Phi) is 4.14. The molecule has 0 N–H and O–H groups in total. The smallest absolute Gasteiger partial charge is 0.0125 e. The van der Waals surface area contributed by atoms with Gasteiger partial charge in [-0.1, -0.05) is 0 Å². The molecule has 0 radical (unpaired) electrons. The fraction of sp³-hybridized carbons (Fsp3) is 1.00. The van der Waals surface area contributed by atoms with Crippen LogP contribution in [-0.4, -0.2) is 97.1 Å². The Hall–Kier alpha value is -0.160. The van der Waals surface area contributed by atoms with Crippen molar-refractivity contribution in [3.05, 3.63) is 0 Å². The van der Waals surface area contributed by atoms with Crippen molar-refractivity contribution in [1.29, 1.82) is 0 Å². The summed E-state index contributed by atoms with van der Waals surface area (Å²) in [5.74, 6) is 0. The fourth-order valence-corrected chi connectivity index (χ4v) is 7.97. The summed E-state index contributed by atoms with van der Waals surface area (Å²) in [7, 11) is 4.57. The monoisotopic (exact) mass is 402 g/mol. The second-order valence-corrected chi connectivity index (χ2v) is 14.2. The van der Waals surface area contributed by atoms with Gasteiger partial charge in [-0.2, -0.15) is 0 Å². The molecule has 6 rings (SSSR count). The van der Waals surface area contributed by atoms with Gasteiger partial charge in [0.25, 0.3) is 0 Å². The maximum absolute atomic E-state index is 2.72.